The molecule has 5 heteroatoms. The molecule has 0 aromatic heterocycles. The van der Waals surface area contributed by atoms with Crippen molar-refractivity contribution in [2.24, 2.45) is 5.73 Å². The van der Waals surface area contributed by atoms with E-state index in [9.17, 15) is 5.11 Å². The van der Waals surface area contributed by atoms with Crippen molar-refractivity contribution >= 4 is 0 Å². The smallest absolute Gasteiger partial charge is 0.190 e. The highest BCUT2D eigenvalue weighted by Crippen LogP contribution is 2.36. The van der Waals surface area contributed by atoms with Crippen LogP contribution in [-0.2, 0) is 14.2 Å². The van der Waals surface area contributed by atoms with Crippen LogP contribution in [0.2, 0.25) is 0 Å². The van der Waals surface area contributed by atoms with Gasteiger partial charge in [-0.1, -0.05) is 0 Å². The standard InChI is InChI=1S/C8H15NO4/c1-8(2)12-6-5(10)4(3-9)11-7(6)13-8/h4-7,10H,3,9H2,1-2H3/t4-,5+,6?,7?/m1/s1. The Morgan fingerprint density at radius 2 is 2.08 bits per heavy atom. The van der Waals surface area contributed by atoms with Gasteiger partial charge in [0.2, 0.25) is 0 Å². The molecule has 0 aromatic carbocycles. The van der Waals surface area contributed by atoms with Crippen LogP contribution in [0.3, 0.4) is 0 Å². The van der Waals surface area contributed by atoms with Gasteiger partial charge in [-0.05, 0) is 13.8 Å². The van der Waals surface area contributed by atoms with Crippen LogP contribution < -0.4 is 5.73 Å². The number of nitrogens with two attached hydrogens (primary N) is 1. The van der Waals surface area contributed by atoms with Crippen LogP contribution in [-0.4, -0.2) is 42.0 Å². The van der Waals surface area contributed by atoms with Gasteiger partial charge in [-0.3, -0.25) is 0 Å². The predicted octanol–water partition coefficient (Wildman–Crippen LogP) is -0.818. The number of aliphatic hydroxyl groups is 1. The minimum Gasteiger partial charge on any atom is -0.387 e. The normalized spacial score (nSPS) is 48.0. The molecule has 0 aromatic rings. The molecule has 0 radical (unpaired) electrons. The van der Waals surface area contributed by atoms with Gasteiger partial charge in [0.25, 0.3) is 0 Å². The zero-order valence-electron chi connectivity index (χ0n) is 7.77. The van der Waals surface area contributed by atoms with Gasteiger partial charge in [0.1, 0.15) is 18.3 Å². The third kappa shape index (κ3) is 1.47. The fraction of sp³-hybridized carbons (Fsp3) is 1.00. The van der Waals surface area contributed by atoms with Crippen molar-refractivity contribution in [3.05, 3.63) is 0 Å². The Morgan fingerprint density at radius 3 is 2.62 bits per heavy atom. The molecule has 13 heavy (non-hydrogen) atoms. The zero-order chi connectivity index (χ0) is 9.64. The molecule has 3 N–H and O–H groups in total. The van der Waals surface area contributed by atoms with Crippen LogP contribution in [0.1, 0.15) is 13.8 Å². The van der Waals surface area contributed by atoms with E-state index < -0.39 is 24.3 Å². The van der Waals surface area contributed by atoms with Crippen LogP contribution in [0.15, 0.2) is 0 Å². The lowest BCUT2D eigenvalue weighted by molar-refractivity contribution is -0.213. The van der Waals surface area contributed by atoms with E-state index >= 15 is 0 Å². The summed E-state index contributed by atoms with van der Waals surface area (Å²) in [6.45, 7) is 3.86. The first-order chi connectivity index (χ1) is 6.03. The van der Waals surface area contributed by atoms with Crippen molar-refractivity contribution < 1.29 is 19.3 Å². The molecule has 2 aliphatic heterocycles. The lowest BCUT2D eigenvalue weighted by Gasteiger charge is -2.22. The van der Waals surface area contributed by atoms with E-state index in [0.717, 1.165) is 0 Å². The van der Waals surface area contributed by atoms with Gasteiger partial charge in [-0.2, -0.15) is 0 Å². The fourth-order valence-electron chi connectivity index (χ4n) is 1.75. The molecule has 2 saturated heterocycles. The largest absolute Gasteiger partial charge is 0.387 e. The van der Waals surface area contributed by atoms with Crippen molar-refractivity contribution in [3.8, 4) is 0 Å². The summed E-state index contributed by atoms with van der Waals surface area (Å²) in [5, 5.41) is 9.68. The van der Waals surface area contributed by atoms with E-state index in [2.05, 4.69) is 0 Å². The lowest BCUT2D eigenvalue weighted by Crippen LogP contribution is -2.38. The summed E-state index contributed by atoms with van der Waals surface area (Å²) in [4.78, 5) is 0. The van der Waals surface area contributed by atoms with Gasteiger partial charge in [0.05, 0.1) is 0 Å². The number of fused-ring (bicyclic) bond motifs is 1. The van der Waals surface area contributed by atoms with E-state index in [4.69, 9.17) is 19.9 Å². The molecule has 2 aliphatic rings. The van der Waals surface area contributed by atoms with Crippen molar-refractivity contribution in [2.75, 3.05) is 6.54 Å². The first-order valence-electron chi connectivity index (χ1n) is 4.43. The average molecular weight is 189 g/mol. The molecule has 0 bridgehead atoms. The molecule has 2 unspecified atom stereocenters. The second-order valence-electron chi connectivity index (χ2n) is 3.87. The van der Waals surface area contributed by atoms with Crippen LogP contribution in [0.5, 0.6) is 0 Å². The van der Waals surface area contributed by atoms with Gasteiger partial charge in [-0.15, -0.1) is 0 Å². The highest BCUT2D eigenvalue weighted by molar-refractivity contribution is 4.92. The summed E-state index contributed by atoms with van der Waals surface area (Å²) < 4.78 is 16.2. The topological polar surface area (TPSA) is 73.9 Å². The fourth-order valence-corrected chi connectivity index (χ4v) is 1.75. The summed E-state index contributed by atoms with van der Waals surface area (Å²) in [5.41, 5.74) is 5.40. The second-order valence-corrected chi connectivity index (χ2v) is 3.87. The van der Waals surface area contributed by atoms with Gasteiger partial charge < -0.3 is 25.1 Å². The van der Waals surface area contributed by atoms with Crippen LogP contribution in [0, 0.1) is 0 Å². The highest BCUT2D eigenvalue weighted by atomic mass is 16.8. The van der Waals surface area contributed by atoms with E-state index in [0.29, 0.717) is 0 Å². The Labute approximate surface area is 76.8 Å². The molecule has 5 nitrogen and oxygen atoms in total. The minimum atomic E-state index is -0.684. The molecular weight excluding hydrogens is 174 g/mol. The SMILES string of the molecule is CC1(C)OC2O[C@H](CN)[C@H](O)C2O1. The van der Waals surface area contributed by atoms with Crippen LogP contribution in [0.4, 0.5) is 0 Å². The third-order valence-electron chi connectivity index (χ3n) is 2.35. The van der Waals surface area contributed by atoms with Gasteiger partial charge in [-0.25, -0.2) is 0 Å². The maximum absolute atomic E-state index is 9.68. The van der Waals surface area contributed by atoms with Crippen molar-refractivity contribution in [3.63, 3.8) is 0 Å². The maximum atomic E-state index is 9.68. The minimum absolute atomic E-state index is 0.279. The van der Waals surface area contributed by atoms with Crippen LogP contribution in [0.25, 0.3) is 0 Å². The summed E-state index contributed by atoms with van der Waals surface area (Å²) in [6.07, 6.45) is -1.93. The van der Waals surface area contributed by atoms with E-state index in [1.165, 1.54) is 0 Å². The number of hydrogen-bond acceptors (Lipinski definition) is 5. The number of rotatable bonds is 1. The molecule has 0 amide bonds. The quantitative estimate of drug-likeness (QED) is 0.564. The number of hydrogen-bond donors (Lipinski definition) is 2. The van der Waals surface area contributed by atoms with E-state index in [1.54, 1.807) is 13.8 Å². The first-order valence-corrected chi connectivity index (χ1v) is 4.43. The highest BCUT2D eigenvalue weighted by Gasteiger charge is 2.53. The van der Waals surface area contributed by atoms with E-state index in [1.807, 2.05) is 0 Å². The maximum Gasteiger partial charge on any atom is 0.190 e. The number of aliphatic hydroxyl groups excluding tert-OH is 1. The summed E-state index contributed by atoms with van der Waals surface area (Å²) >= 11 is 0. The summed E-state index contributed by atoms with van der Waals surface area (Å²) in [7, 11) is 0. The molecule has 76 valence electrons. The van der Waals surface area contributed by atoms with Gasteiger partial charge in [0.15, 0.2) is 12.1 Å². The Bertz CT molecular complexity index is 208. The molecule has 4 atom stereocenters. The predicted molar refractivity (Wildman–Crippen MR) is 43.8 cm³/mol. The van der Waals surface area contributed by atoms with Crippen LogP contribution >= 0.6 is 0 Å². The molecule has 0 aliphatic carbocycles. The Hall–Kier alpha value is -0.200. The lowest BCUT2D eigenvalue weighted by atomic mass is 10.1. The van der Waals surface area contributed by atoms with Crippen molar-refractivity contribution in [1.29, 1.82) is 0 Å². The van der Waals surface area contributed by atoms with Crippen molar-refractivity contribution in [1.82, 2.24) is 0 Å². The molecule has 0 saturated carbocycles. The average Bonchev–Trinajstić information content (AvgIpc) is 2.47. The molecule has 2 fully saturated rings. The Morgan fingerprint density at radius 1 is 1.38 bits per heavy atom. The van der Waals surface area contributed by atoms with Gasteiger partial charge >= 0.3 is 0 Å². The monoisotopic (exact) mass is 189 g/mol. The summed E-state index contributed by atoms with van der Waals surface area (Å²) in [5.74, 6) is -0.671. The van der Waals surface area contributed by atoms with Crippen molar-refractivity contribution in [2.45, 2.75) is 44.2 Å². The Balaban J connectivity index is 2.07. The molecule has 0 spiro atoms. The zero-order valence-corrected chi connectivity index (χ0v) is 7.77. The molecular formula is C8H15NO4. The molecule has 2 rings (SSSR count). The third-order valence-corrected chi connectivity index (χ3v) is 2.35. The molecule has 2 heterocycles. The van der Waals surface area contributed by atoms with E-state index in [-0.39, 0.29) is 12.6 Å². The summed E-state index contributed by atoms with van der Waals surface area (Å²) in [6, 6.07) is 0. The first kappa shape index (κ1) is 9.36. The van der Waals surface area contributed by atoms with Gasteiger partial charge in [0, 0.05) is 6.54 Å². The Kier molecular flexibility index (Phi) is 2.08. The second kappa shape index (κ2) is 2.90. The number of ether oxygens (including phenoxy) is 3.